The maximum atomic E-state index is 15.7. The predicted molar refractivity (Wildman–Crippen MR) is 174 cm³/mol. The van der Waals surface area contributed by atoms with Gasteiger partial charge < -0.3 is 0 Å². The third kappa shape index (κ3) is 4.32. The molecule has 2 nitrogen and oxygen atoms in total. The van der Waals surface area contributed by atoms with E-state index in [4.69, 9.17) is 0 Å². The summed E-state index contributed by atoms with van der Waals surface area (Å²) in [6.07, 6.45) is 1.95. The summed E-state index contributed by atoms with van der Waals surface area (Å²) in [5, 5.41) is 12.9. The highest BCUT2D eigenvalue weighted by molar-refractivity contribution is 7.05. The van der Waals surface area contributed by atoms with Gasteiger partial charge in [-0.15, -0.1) is 0 Å². The molecule has 0 saturated heterocycles. The molecule has 0 N–H and O–H groups in total. The van der Waals surface area contributed by atoms with Crippen LogP contribution in [-0.2, 0) is 12.5 Å². The number of aryl methyl sites for hydroxylation is 2. The van der Waals surface area contributed by atoms with Crippen molar-refractivity contribution in [2.75, 3.05) is 0 Å². The Morgan fingerprint density at radius 3 is 1.95 bits per heavy atom. The zero-order valence-corrected chi connectivity index (χ0v) is 26.4. The number of halogens is 1. The fraction of sp³-hybridized carbons (Fsp3) is 0.211. The predicted octanol–water partition coefficient (Wildman–Crippen LogP) is 7.93. The van der Waals surface area contributed by atoms with Gasteiger partial charge in [0.25, 0.3) is 0 Å². The van der Waals surface area contributed by atoms with E-state index < -0.39 is 8.07 Å². The van der Waals surface area contributed by atoms with Gasteiger partial charge in [-0.2, -0.15) is 5.26 Å². The monoisotopic (exact) mass is 567 g/mol. The van der Waals surface area contributed by atoms with Gasteiger partial charge in [0.2, 0.25) is 5.69 Å². The van der Waals surface area contributed by atoms with Gasteiger partial charge >= 0.3 is 0 Å². The first kappa shape index (κ1) is 27.8. The van der Waals surface area contributed by atoms with Crippen molar-refractivity contribution in [2.24, 2.45) is 7.05 Å². The maximum absolute atomic E-state index is 15.7. The number of fused-ring (bicyclic) bond motifs is 3. The van der Waals surface area contributed by atoms with E-state index in [-0.39, 0.29) is 11.2 Å². The molecule has 0 fully saturated rings. The first-order valence-electron chi connectivity index (χ1n) is 14.5. The zero-order valence-electron chi connectivity index (χ0n) is 25.4. The van der Waals surface area contributed by atoms with Crippen LogP contribution in [0.2, 0.25) is 13.1 Å². The number of nitriles is 1. The van der Waals surface area contributed by atoms with Gasteiger partial charge in [-0.3, -0.25) is 0 Å². The average molecular weight is 568 g/mol. The van der Waals surface area contributed by atoms with Gasteiger partial charge in [0.15, 0.2) is 6.20 Å². The Morgan fingerprint density at radius 1 is 0.762 bits per heavy atom. The molecule has 1 aliphatic rings. The summed E-state index contributed by atoms with van der Waals surface area (Å²) in [4.78, 5) is 0. The summed E-state index contributed by atoms with van der Waals surface area (Å²) in [5.74, 6) is -0.173. The maximum Gasteiger partial charge on any atom is 0.215 e. The van der Waals surface area contributed by atoms with Crippen molar-refractivity contribution >= 4 is 18.4 Å². The lowest BCUT2D eigenvalue weighted by atomic mass is 9.87. The molecule has 1 aliphatic heterocycles. The smallest absolute Gasteiger partial charge is 0.206 e. The molecule has 208 valence electrons. The molecule has 2 heterocycles. The second-order valence-electron chi connectivity index (χ2n) is 13.1. The lowest BCUT2D eigenvalue weighted by Crippen LogP contribution is -2.52. The molecular weight excluding hydrogens is 532 g/mol. The van der Waals surface area contributed by atoms with E-state index in [0.717, 1.165) is 33.5 Å². The van der Waals surface area contributed by atoms with Crippen molar-refractivity contribution in [1.82, 2.24) is 0 Å². The molecular formula is C38H36FN2Si+. The zero-order chi connectivity index (χ0) is 30.0. The van der Waals surface area contributed by atoms with Crippen LogP contribution in [-0.4, -0.2) is 8.07 Å². The first-order chi connectivity index (χ1) is 19.9. The molecule has 0 saturated carbocycles. The minimum atomic E-state index is -2.37. The van der Waals surface area contributed by atoms with Crippen LogP contribution in [0.15, 0.2) is 91.1 Å². The van der Waals surface area contributed by atoms with Crippen molar-refractivity contribution in [2.45, 2.75) is 46.2 Å². The van der Waals surface area contributed by atoms with E-state index in [0.29, 0.717) is 11.1 Å². The number of benzene rings is 4. The fourth-order valence-electron chi connectivity index (χ4n) is 6.79. The summed E-state index contributed by atoms with van der Waals surface area (Å²) in [5.41, 5.74) is 11.0. The molecule has 0 aliphatic carbocycles. The van der Waals surface area contributed by atoms with Crippen LogP contribution >= 0.6 is 0 Å². The molecule has 0 radical (unpaired) electrons. The Bertz CT molecular complexity index is 1910. The molecule has 1 aromatic heterocycles. The third-order valence-corrected chi connectivity index (χ3v) is 12.4. The topological polar surface area (TPSA) is 27.7 Å². The summed E-state index contributed by atoms with van der Waals surface area (Å²) in [6, 6.07) is 31.7. The van der Waals surface area contributed by atoms with Crippen molar-refractivity contribution in [1.29, 1.82) is 5.26 Å². The molecule has 0 unspecified atom stereocenters. The summed E-state index contributed by atoms with van der Waals surface area (Å²) in [7, 11) is -0.349. The molecule has 42 heavy (non-hydrogen) atoms. The van der Waals surface area contributed by atoms with E-state index >= 15 is 4.39 Å². The highest BCUT2D eigenvalue weighted by Gasteiger charge is 2.44. The van der Waals surface area contributed by atoms with Crippen LogP contribution in [0.25, 0.3) is 44.6 Å². The Kier molecular flexibility index (Phi) is 6.55. The minimum Gasteiger partial charge on any atom is -0.206 e. The van der Waals surface area contributed by atoms with E-state index in [9.17, 15) is 5.26 Å². The van der Waals surface area contributed by atoms with Crippen LogP contribution in [0, 0.1) is 24.1 Å². The first-order valence-corrected chi connectivity index (χ1v) is 17.5. The Labute approximate surface area is 249 Å². The molecule has 0 atom stereocenters. The molecule has 0 amide bonds. The second-order valence-corrected chi connectivity index (χ2v) is 17.3. The van der Waals surface area contributed by atoms with Crippen molar-refractivity contribution in [3.8, 4) is 50.7 Å². The second kappa shape index (κ2) is 9.89. The largest absolute Gasteiger partial charge is 0.215 e. The standard InChI is InChI=1S/C38H36FN2Si/c1-24-13-19-29-30-20-18-28(22-40)35(27-16-14-26(15-17-27)25-11-9-8-10-12-25)37(30)42(6,7)36(29)34(24)33-21-32(39)31(23-41(33)5)38(2,3)4/h8-21,23H,1-7H3/q+1. The molecule has 0 spiro atoms. The number of rotatable bonds is 3. The molecule has 4 aromatic carbocycles. The quantitative estimate of drug-likeness (QED) is 0.161. The van der Waals surface area contributed by atoms with Gasteiger partial charge in [0, 0.05) is 11.6 Å². The van der Waals surface area contributed by atoms with Crippen LogP contribution in [0.5, 0.6) is 0 Å². The lowest BCUT2D eigenvalue weighted by molar-refractivity contribution is -0.661. The average Bonchev–Trinajstić information content (AvgIpc) is 3.20. The van der Waals surface area contributed by atoms with Gasteiger partial charge in [-0.25, -0.2) is 8.96 Å². The normalized spacial score (nSPS) is 13.4. The Balaban J connectivity index is 1.57. The van der Waals surface area contributed by atoms with Crippen LogP contribution < -0.4 is 14.9 Å². The molecule has 6 rings (SSSR count). The lowest BCUT2D eigenvalue weighted by Gasteiger charge is -2.25. The number of pyridine rings is 1. The summed E-state index contributed by atoms with van der Waals surface area (Å²) >= 11 is 0. The van der Waals surface area contributed by atoms with Gasteiger partial charge in [-0.05, 0) is 67.7 Å². The van der Waals surface area contributed by atoms with E-state index in [1.165, 1.54) is 27.1 Å². The van der Waals surface area contributed by atoms with E-state index in [1.54, 1.807) is 6.07 Å². The van der Waals surface area contributed by atoms with Crippen LogP contribution in [0.1, 0.15) is 37.5 Å². The number of hydrogen-bond acceptors (Lipinski definition) is 1. The van der Waals surface area contributed by atoms with E-state index in [2.05, 4.69) is 97.4 Å². The van der Waals surface area contributed by atoms with Gasteiger partial charge in [-0.1, -0.05) is 107 Å². The van der Waals surface area contributed by atoms with Gasteiger partial charge in [0.1, 0.15) is 20.9 Å². The van der Waals surface area contributed by atoms with Crippen LogP contribution in [0.3, 0.4) is 0 Å². The number of nitrogens with zero attached hydrogens (tertiary/aromatic N) is 2. The van der Waals surface area contributed by atoms with Crippen molar-refractivity contribution < 1.29 is 8.96 Å². The Morgan fingerprint density at radius 2 is 1.33 bits per heavy atom. The molecule has 0 bridgehead atoms. The van der Waals surface area contributed by atoms with E-state index in [1.807, 2.05) is 46.1 Å². The molecule has 5 aromatic rings. The SMILES string of the molecule is Cc1ccc2c(c1-c1cc(F)c(C(C)(C)C)c[n+]1C)[Si](C)(C)c1c-2ccc(C#N)c1-c1ccc(-c2ccccc2)cc1. The number of hydrogen-bond donors (Lipinski definition) is 0. The third-order valence-electron chi connectivity index (χ3n) is 8.85. The Hall–Kier alpha value is -4.33. The highest BCUT2D eigenvalue weighted by atomic mass is 28.3. The number of aromatic nitrogens is 1. The summed E-state index contributed by atoms with van der Waals surface area (Å²) in [6.45, 7) is 13.0. The van der Waals surface area contributed by atoms with Gasteiger partial charge in [0.05, 0.1) is 17.2 Å². The van der Waals surface area contributed by atoms with Crippen molar-refractivity contribution in [3.05, 3.63) is 114 Å². The fourth-order valence-corrected chi connectivity index (χ4v) is 10.7. The summed E-state index contributed by atoms with van der Waals surface area (Å²) < 4.78 is 17.7. The van der Waals surface area contributed by atoms with Crippen LogP contribution in [0.4, 0.5) is 4.39 Å². The van der Waals surface area contributed by atoms with Crippen molar-refractivity contribution in [3.63, 3.8) is 0 Å². The minimum absolute atomic E-state index is 0.173. The molecule has 4 heteroatoms. The highest BCUT2D eigenvalue weighted by Crippen LogP contribution is 2.39.